The normalized spacial score (nSPS) is 11.5. The molecule has 0 bridgehead atoms. The Morgan fingerprint density at radius 1 is 1.06 bits per heavy atom. The molecule has 168 valence electrons. The van der Waals surface area contributed by atoms with Gasteiger partial charge >= 0.3 is 192 Å². The second-order valence-electron chi connectivity index (χ2n) is 6.89. The van der Waals surface area contributed by atoms with Gasteiger partial charge in [0.25, 0.3) is 0 Å². The van der Waals surface area contributed by atoms with Crippen LogP contribution in [0.4, 0.5) is 13.2 Å². The van der Waals surface area contributed by atoms with Crippen molar-refractivity contribution in [1.29, 1.82) is 0 Å². The summed E-state index contributed by atoms with van der Waals surface area (Å²) in [5.74, 6) is -0.852. The summed E-state index contributed by atoms with van der Waals surface area (Å²) >= 11 is -0.639. The summed E-state index contributed by atoms with van der Waals surface area (Å²) in [4.78, 5) is 32.6. The van der Waals surface area contributed by atoms with Crippen molar-refractivity contribution in [3.63, 3.8) is 0 Å². The molecule has 0 atom stereocenters. The third-order valence-corrected chi connectivity index (χ3v) is 7.07. The Labute approximate surface area is 192 Å². The number of aromatic nitrogens is 3. The van der Waals surface area contributed by atoms with Gasteiger partial charge in [-0.2, -0.15) is 0 Å². The van der Waals surface area contributed by atoms with Crippen molar-refractivity contribution in [2.24, 2.45) is 5.73 Å². The topological polar surface area (TPSA) is 103 Å². The van der Waals surface area contributed by atoms with Crippen LogP contribution >= 0.6 is 0 Å². The number of alkyl halides is 3. The van der Waals surface area contributed by atoms with Crippen molar-refractivity contribution in [2.45, 2.75) is 6.18 Å². The van der Waals surface area contributed by atoms with Gasteiger partial charge in [0.15, 0.2) is 0 Å². The van der Waals surface area contributed by atoms with E-state index in [1.165, 1.54) is 13.1 Å². The molecule has 0 aliphatic heterocycles. The van der Waals surface area contributed by atoms with Crippen LogP contribution in [-0.2, 0) is 6.18 Å². The fourth-order valence-corrected chi connectivity index (χ4v) is 5.55. The van der Waals surface area contributed by atoms with E-state index in [2.05, 4.69) is 15.3 Å². The SMILES string of the molecule is CNC(=O)c1ccc2c(c1)cc([Se]c1ccc(C(F)(F)F)cc1C(N)=O)n2-c1ncccn1. The van der Waals surface area contributed by atoms with Crippen LogP contribution in [0.25, 0.3) is 16.9 Å². The average Bonchev–Trinajstić information content (AvgIpc) is 3.15. The van der Waals surface area contributed by atoms with E-state index in [9.17, 15) is 22.8 Å². The van der Waals surface area contributed by atoms with Gasteiger partial charge in [0.1, 0.15) is 0 Å². The molecule has 3 N–H and O–H groups in total. The molecule has 0 aliphatic rings. The Morgan fingerprint density at radius 3 is 2.42 bits per heavy atom. The minimum absolute atomic E-state index is 0.193. The Bertz CT molecular complexity index is 1370. The first kappa shape index (κ1) is 22.5. The maximum atomic E-state index is 13.1. The first-order valence-corrected chi connectivity index (χ1v) is 11.2. The van der Waals surface area contributed by atoms with Crippen LogP contribution < -0.4 is 20.1 Å². The van der Waals surface area contributed by atoms with Crippen molar-refractivity contribution in [1.82, 2.24) is 19.9 Å². The number of carbonyl (C=O) groups excluding carboxylic acids is 2. The fraction of sp³-hybridized carbons (Fsp3) is 0.0909. The van der Waals surface area contributed by atoms with Crippen LogP contribution in [0.15, 0.2) is 60.9 Å². The molecule has 0 aliphatic carbocycles. The van der Waals surface area contributed by atoms with Crippen LogP contribution in [-0.4, -0.2) is 48.4 Å². The molecule has 7 nitrogen and oxygen atoms in total. The number of nitrogens with zero attached hydrogens (tertiary/aromatic N) is 3. The molecular formula is C22H16F3N5O2Se. The number of halogens is 3. The zero-order valence-electron chi connectivity index (χ0n) is 17.1. The van der Waals surface area contributed by atoms with E-state index in [4.69, 9.17) is 5.73 Å². The second kappa shape index (κ2) is 8.68. The Balaban J connectivity index is 1.88. The van der Waals surface area contributed by atoms with Crippen LogP contribution in [0.2, 0.25) is 0 Å². The summed E-state index contributed by atoms with van der Waals surface area (Å²) in [6.07, 6.45) is -1.47. The molecule has 2 aromatic carbocycles. The van der Waals surface area contributed by atoms with Crippen molar-refractivity contribution in [3.05, 3.63) is 77.6 Å². The van der Waals surface area contributed by atoms with Crippen molar-refractivity contribution >= 4 is 46.7 Å². The van der Waals surface area contributed by atoms with E-state index >= 15 is 0 Å². The maximum absolute atomic E-state index is 13.1. The summed E-state index contributed by atoms with van der Waals surface area (Å²) < 4.78 is 42.2. The standard InChI is InChI=1S/C22H16F3N5O2Se/c1-27-20(32)12-3-5-16-13(9-12)10-18(30(16)21-28-7-2-8-29-21)33-17-6-4-14(22(23,24)25)11-15(17)19(26)31/h2-11H,1H3,(H2,26,31)(H,27,32). The van der Waals surface area contributed by atoms with Gasteiger partial charge in [-0.25, -0.2) is 0 Å². The van der Waals surface area contributed by atoms with Crippen molar-refractivity contribution in [2.75, 3.05) is 7.05 Å². The number of rotatable bonds is 5. The fourth-order valence-electron chi connectivity index (χ4n) is 3.26. The molecule has 2 heterocycles. The third kappa shape index (κ3) is 4.46. The number of fused-ring (bicyclic) bond motifs is 1. The van der Waals surface area contributed by atoms with Gasteiger partial charge < -0.3 is 0 Å². The van der Waals surface area contributed by atoms with E-state index < -0.39 is 32.6 Å². The van der Waals surface area contributed by atoms with Gasteiger partial charge in [0.2, 0.25) is 0 Å². The Morgan fingerprint density at radius 2 is 1.79 bits per heavy atom. The van der Waals surface area contributed by atoms with E-state index in [0.29, 0.717) is 31.5 Å². The summed E-state index contributed by atoms with van der Waals surface area (Å²) in [6.45, 7) is 0. The number of nitrogens with two attached hydrogens (primary N) is 1. The van der Waals surface area contributed by atoms with Crippen LogP contribution in [0, 0.1) is 0 Å². The van der Waals surface area contributed by atoms with Crippen molar-refractivity contribution < 1.29 is 22.8 Å². The molecule has 2 amide bonds. The number of carbonyl (C=O) groups is 2. The van der Waals surface area contributed by atoms with E-state index in [1.54, 1.807) is 47.3 Å². The summed E-state index contributed by atoms with van der Waals surface area (Å²) in [5, 5.41) is 3.28. The number of hydrogen-bond donors (Lipinski definition) is 2. The third-order valence-electron chi connectivity index (χ3n) is 4.80. The zero-order chi connectivity index (χ0) is 23.8. The predicted octanol–water partition coefficient (Wildman–Crippen LogP) is 1.55. The molecule has 0 fully saturated rings. The first-order valence-electron chi connectivity index (χ1n) is 9.53. The molecule has 0 unspecified atom stereocenters. The quantitative estimate of drug-likeness (QED) is 0.392. The van der Waals surface area contributed by atoms with E-state index in [-0.39, 0.29) is 11.5 Å². The predicted molar refractivity (Wildman–Crippen MR) is 117 cm³/mol. The number of benzene rings is 2. The molecule has 2 aromatic heterocycles. The van der Waals surface area contributed by atoms with E-state index in [0.717, 1.165) is 12.1 Å². The van der Waals surface area contributed by atoms with Gasteiger partial charge in [0.05, 0.1) is 0 Å². The molecule has 4 rings (SSSR count). The Kier molecular flexibility index (Phi) is 5.92. The monoisotopic (exact) mass is 519 g/mol. The molecular weight excluding hydrogens is 502 g/mol. The number of amides is 2. The van der Waals surface area contributed by atoms with Gasteiger partial charge in [-0.15, -0.1) is 0 Å². The minimum atomic E-state index is -4.60. The second-order valence-corrected chi connectivity index (χ2v) is 9.12. The van der Waals surface area contributed by atoms with Crippen LogP contribution in [0.1, 0.15) is 26.3 Å². The number of nitrogens with one attached hydrogen (secondary N) is 1. The van der Waals surface area contributed by atoms with Crippen LogP contribution in [0.5, 0.6) is 0 Å². The van der Waals surface area contributed by atoms with Crippen molar-refractivity contribution in [3.8, 4) is 5.95 Å². The zero-order valence-corrected chi connectivity index (χ0v) is 18.8. The first-order chi connectivity index (χ1) is 15.7. The average molecular weight is 518 g/mol. The molecule has 0 saturated heterocycles. The molecule has 0 spiro atoms. The van der Waals surface area contributed by atoms with Crippen LogP contribution in [0.3, 0.4) is 0 Å². The number of primary amides is 1. The molecule has 0 saturated carbocycles. The molecule has 11 heteroatoms. The van der Waals surface area contributed by atoms with E-state index in [1.807, 2.05) is 0 Å². The molecule has 0 radical (unpaired) electrons. The molecule has 33 heavy (non-hydrogen) atoms. The molecule has 4 aromatic rings. The van der Waals surface area contributed by atoms with Gasteiger partial charge in [-0.05, 0) is 0 Å². The van der Waals surface area contributed by atoms with Gasteiger partial charge in [0, 0.05) is 0 Å². The summed E-state index contributed by atoms with van der Waals surface area (Å²) in [6, 6.07) is 11.5. The van der Waals surface area contributed by atoms with Gasteiger partial charge in [-0.3, -0.25) is 0 Å². The summed E-state index contributed by atoms with van der Waals surface area (Å²) in [7, 11) is 1.53. The van der Waals surface area contributed by atoms with Gasteiger partial charge in [-0.1, -0.05) is 0 Å². The Hall–Kier alpha value is -3.69. The number of hydrogen-bond acceptors (Lipinski definition) is 4. The summed E-state index contributed by atoms with van der Waals surface area (Å²) in [5.41, 5.74) is 5.42.